The van der Waals surface area contributed by atoms with Crippen molar-refractivity contribution in [1.82, 2.24) is 15.5 Å². The van der Waals surface area contributed by atoms with E-state index in [0.29, 0.717) is 18.4 Å². The summed E-state index contributed by atoms with van der Waals surface area (Å²) in [6.45, 7) is 12.2. The average molecular weight is 625 g/mol. The molecule has 0 saturated heterocycles. The second-order valence-corrected chi connectivity index (χ2v) is 12.9. The highest BCUT2D eigenvalue weighted by molar-refractivity contribution is 5.95. The van der Waals surface area contributed by atoms with Crippen LogP contribution in [0.5, 0.6) is 0 Å². The first-order valence-corrected chi connectivity index (χ1v) is 15.2. The lowest BCUT2D eigenvalue weighted by molar-refractivity contribution is -0.159. The summed E-state index contributed by atoms with van der Waals surface area (Å²) in [5.41, 5.74) is 5.06. The maximum atomic E-state index is 14.3. The van der Waals surface area contributed by atoms with E-state index < -0.39 is 65.5 Å². The molecule has 0 heterocycles. The molecule has 0 radical (unpaired) electrons. The third-order valence-corrected chi connectivity index (χ3v) is 6.40. The van der Waals surface area contributed by atoms with Crippen molar-refractivity contribution in [3.63, 3.8) is 0 Å². The van der Waals surface area contributed by atoms with E-state index in [2.05, 4.69) is 10.6 Å². The lowest BCUT2D eigenvalue weighted by atomic mass is 10.00. The minimum atomic E-state index is -1.40. The number of amides is 4. The SMILES string of the molecule is CCCCN(C(=O)C(CC(N)=O)NC(=O)OC(C)(C)C)C(C(=O)NC(Cc1ccccc1)C(=O)OC(C)(C)C)c1ccccc1. The molecule has 0 aliphatic carbocycles. The molecular weight excluding hydrogens is 576 g/mol. The normalized spacial score (nSPS) is 13.5. The van der Waals surface area contributed by atoms with Crippen LogP contribution in [-0.4, -0.2) is 64.5 Å². The molecule has 11 heteroatoms. The fourth-order valence-corrected chi connectivity index (χ4v) is 4.52. The molecule has 0 spiro atoms. The third kappa shape index (κ3) is 13.0. The van der Waals surface area contributed by atoms with Crippen LogP contribution in [0.2, 0.25) is 0 Å². The average Bonchev–Trinajstić information content (AvgIpc) is 2.93. The van der Waals surface area contributed by atoms with Crippen LogP contribution in [0.3, 0.4) is 0 Å². The van der Waals surface area contributed by atoms with E-state index in [1.807, 2.05) is 37.3 Å². The number of carbonyl (C=O) groups is 5. The Labute approximate surface area is 266 Å². The number of hydrogen-bond donors (Lipinski definition) is 3. The van der Waals surface area contributed by atoms with Crippen molar-refractivity contribution in [1.29, 1.82) is 0 Å². The number of nitrogens with zero attached hydrogens (tertiary/aromatic N) is 1. The molecule has 0 aliphatic heterocycles. The Morgan fingerprint density at radius 2 is 1.36 bits per heavy atom. The molecule has 2 rings (SSSR count). The first-order valence-electron chi connectivity index (χ1n) is 15.2. The summed E-state index contributed by atoms with van der Waals surface area (Å²) in [5.74, 6) is -2.79. The molecule has 45 heavy (non-hydrogen) atoms. The van der Waals surface area contributed by atoms with E-state index in [4.69, 9.17) is 15.2 Å². The predicted octanol–water partition coefficient (Wildman–Crippen LogP) is 4.19. The van der Waals surface area contributed by atoms with E-state index in [1.54, 1.807) is 71.9 Å². The minimum Gasteiger partial charge on any atom is -0.458 e. The van der Waals surface area contributed by atoms with Crippen molar-refractivity contribution in [3.8, 4) is 0 Å². The molecule has 4 amide bonds. The van der Waals surface area contributed by atoms with E-state index >= 15 is 0 Å². The Hall–Kier alpha value is -4.41. The van der Waals surface area contributed by atoms with Crippen LogP contribution in [0.15, 0.2) is 60.7 Å². The molecule has 0 bridgehead atoms. The van der Waals surface area contributed by atoms with Gasteiger partial charge in [-0.05, 0) is 59.1 Å². The topological polar surface area (TPSA) is 157 Å². The Morgan fingerprint density at radius 3 is 1.87 bits per heavy atom. The number of rotatable bonds is 14. The number of hydrogen-bond acceptors (Lipinski definition) is 7. The lowest BCUT2D eigenvalue weighted by Gasteiger charge is -2.35. The van der Waals surface area contributed by atoms with Crippen molar-refractivity contribution < 1.29 is 33.4 Å². The Balaban J connectivity index is 2.56. The largest absolute Gasteiger partial charge is 0.458 e. The summed E-state index contributed by atoms with van der Waals surface area (Å²) in [5, 5.41) is 5.30. The highest BCUT2D eigenvalue weighted by Crippen LogP contribution is 2.25. The van der Waals surface area contributed by atoms with Crippen molar-refractivity contribution in [2.75, 3.05) is 6.54 Å². The zero-order valence-electron chi connectivity index (χ0n) is 27.4. The molecule has 3 atom stereocenters. The zero-order chi connectivity index (χ0) is 33.8. The molecule has 0 aliphatic rings. The van der Waals surface area contributed by atoms with Crippen LogP contribution < -0.4 is 16.4 Å². The molecule has 2 aromatic rings. The van der Waals surface area contributed by atoms with Gasteiger partial charge < -0.3 is 30.7 Å². The van der Waals surface area contributed by atoms with E-state index in [1.165, 1.54) is 4.90 Å². The summed E-state index contributed by atoms with van der Waals surface area (Å²) in [6, 6.07) is 14.1. The Morgan fingerprint density at radius 1 is 0.800 bits per heavy atom. The summed E-state index contributed by atoms with van der Waals surface area (Å²) in [4.78, 5) is 67.8. The molecular formula is C34H48N4O7. The zero-order valence-corrected chi connectivity index (χ0v) is 27.4. The van der Waals surface area contributed by atoms with E-state index in [9.17, 15) is 24.0 Å². The van der Waals surface area contributed by atoms with E-state index in [-0.39, 0.29) is 13.0 Å². The van der Waals surface area contributed by atoms with Gasteiger partial charge in [-0.2, -0.15) is 0 Å². The smallest absolute Gasteiger partial charge is 0.408 e. The summed E-state index contributed by atoms with van der Waals surface area (Å²) in [6.07, 6.45) is -0.0838. The first kappa shape index (κ1) is 36.8. The van der Waals surface area contributed by atoms with Gasteiger partial charge in [-0.3, -0.25) is 14.4 Å². The van der Waals surface area contributed by atoms with Crippen LogP contribution in [0.1, 0.15) is 84.9 Å². The minimum absolute atomic E-state index is 0.114. The van der Waals surface area contributed by atoms with Gasteiger partial charge in [0, 0.05) is 13.0 Å². The molecule has 0 saturated carbocycles. The molecule has 4 N–H and O–H groups in total. The van der Waals surface area contributed by atoms with Gasteiger partial charge in [0.15, 0.2) is 0 Å². The van der Waals surface area contributed by atoms with Gasteiger partial charge in [-0.25, -0.2) is 9.59 Å². The molecule has 246 valence electrons. The molecule has 0 aromatic heterocycles. The van der Waals surface area contributed by atoms with Crippen molar-refractivity contribution >= 4 is 29.8 Å². The number of ether oxygens (including phenoxy) is 2. The predicted molar refractivity (Wildman–Crippen MR) is 171 cm³/mol. The first-order chi connectivity index (χ1) is 21.0. The number of esters is 1. The number of unbranched alkanes of at least 4 members (excludes halogenated alkanes) is 1. The highest BCUT2D eigenvalue weighted by atomic mass is 16.6. The number of benzene rings is 2. The highest BCUT2D eigenvalue weighted by Gasteiger charge is 2.38. The number of carbonyl (C=O) groups excluding carboxylic acids is 5. The molecule has 3 unspecified atom stereocenters. The Kier molecular flexibility index (Phi) is 13.6. The van der Waals surface area contributed by atoms with Crippen LogP contribution in [0.4, 0.5) is 4.79 Å². The number of nitrogens with two attached hydrogens (primary N) is 1. The Bertz CT molecular complexity index is 1290. The number of primary amides is 1. The second-order valence-electron chi connectivity index (χ2n) is 12.9. The van der Waals surface area contributed by atoms with Crippen LogP contribution >= 0.6 is 0 Å². The maximum absolute atomic E-state index is 14.3. The van der Waals surface area contributed by atoms with Crippen molar-refractivity contribution in [2.45, 2.75) is 103 Å². The van der Waals surface area contributed by atoms with Gasteiger partial charge in [0.25, 0.3) is 0 Å². The molecule has 0 fully saturated rings. The van der Waals surface area contributed by atoms with Crippen molar-refractivity contribution in [2.24, 2.45) is 5.73 Å². The van der Waals surface area contributed by atoms with Gasteiger partial charge in [0.2, 0.25) is 17.7 Å². The molecule has 2 aromatic carbocycles. The van der Waals surface area contributed by atoms with Crippen LogP contribution in [0, 0.1) is 0 Å². The monoisotopic (exact) mass is 624 g/mol. The number of alkyl carbamates (subject to hydrolysis) is 1. The summed E-state index contributed by atoms with van der Waals surface area (Å²) < 4.78 is 11.0. The lowest BCUT2D eigenvalue weighted by Crippen LogP contribution is -2.55. The number of nitrogens with one attached hydrogen (secondary N) is 2. The van der Waals surface area contributed by atoms with Gasteiger partial charge in [0.05, 0.1) is 6.42 Å². The third-order valence-electron chi connectivity index (χ3n) is 6.40. The van der Waals surface area contributed by atoms with Gasteiger partial charge >= 0.3 is 12.1 Å². The van der Waals surface area contributed by atoms with Crippen LogP contribution in [-0.2, 0) is 35.1 Å². The van der Waals surface area contributed by atoms with Gasteiger partial charge in [-0.15, -0.1) is 0 Å². The van der Waals surface area contributed by atoms with Gasteiger partial charge in [0.1, 0.15) is 29.3 Å². The molecule has 11 nitrogen and oxygen atoms in total. The van der Waals surface area contributed by atoms with Gasteiger partial charge in [-0.1, -0.05) is 74.0 Å². The quantitative estimate of drug-likeness (QED) is 0.266. The van der Waals surface area contributed by atoms with Crippen molar-refractivity contribution in [3.05, 3.63) is 71.8 Å². The second kappa shape index (κ2) is 16.6. The maximum Gasteiger partial charge on any atom is 0.408 e. The standard InChI is InChI=1S/C34H48N4O7/c1-8-9-20-38(30(41)25(22-27(35)39)37-32(43)45-34(5,6)7)28(24-18-14-11-15-19-24)29(40)36-26(31(42)44-33(2,3)4)21-23-16-12-10-13-17-23/h10-19,25-26,28H,8-9,20-22H2,1-7H3,(H2,35,39)(H,36,40)(H,37,43). The van der Waals surface area contributed by atoms with Crippen LogP contribution in [0.25, 0.3) is 0 Å². The summed E-state index contributed by atoms with van der Waals surface area (Å²) >= 11 is 0. The summed E-state index contributed by atoms with van der Waals surface area (Å²) in [7, 11) is 0. The van der Waals surface area contributed by atoms with E-state index in [0.717, 1.165) is 5.56 Å². The fraction of sp³-hybridized carbons (Fsp3) is 0.500. The fourth-order valence-electron chi connectivity index (χ4n) is 4.52.